The zero-order valence-corrected chi connectivity index (χ0v) is 18.8. The summed E-state index contributed by atoms with van der Waals surface area (Å²) in [6.45, 7) is 0. The fourth-order valence-corrected chi connectivity index (χ4v) is 3.64. The van der Waals surface area contributed by atoms with Gasteiger partial charge in [0.05, 0.1) is 0 Å². The van der Waals surface area contributed by atoms with Gasteiger partial charge in [-0.25, -0.2) is 0 Å². The first-order valence-corrected chi connectivity index (χ1v) is 11.2. The second-order valence-electron chi connectivity index (χ2n) is 1.83. The standard InChI is InChI=1S/4Cr.K.3H2O.11O.H3P/h;;;;;3*1H2;;;;;;;;;;;;1H3/q;4*+1;;;;;;;;;;;;;;-1;/p-3. The van der Waals surface area contributed by atoms with E-state index in [0.717, 1.165) is 0 Å². The molecule has 0 aromatic rings. The van der Waals surface area contributed by atoms with Crippen LogP contribution < -0.4 is 55.5 Å². The molecule has 0 aromatic carbocycles. The molecule has 20 heavy (non-hydrogen) atoms. The summed E-state index contributed by atoms with van der Waals surface area (Å²) in [6.07, 6.45) is 0. The molecule has 0 bridgehead atoms. The van der Waals surface area contributed by atoms with E-state index < -0.39 is 54.5 Å². The van der Waals surface area contributed by atoms with Crippen molar-refractivity contribution in [3.63, 3.8) is 0 Å². The molecular weight excluding hydrogens is 502 g/mol. The predicted octanol–water partition coefficient (Wildman–Crippen LogP) is -6.90. The second-order valence-corrected chi connectivity index (χ2v) is 9.29. The molecule has 1 unspecified atom stereocenters. The van der Waals surface area contributed by atoms with Crippen molar-refractivity contribution in [1.82, 2.24) is 0 Å². The number of rotatable bonds is 4. The van der Waals surface area contributed by atoms with Crippen LogP contribution in [0.5, 0.6) is 0 Å². The van der Waals surface area contributed by atoms with E-state index >= 15 is 0 Å². The zero-order valence-electron chi connectivity index (χ0n) is 9.17. The van der Waals surface area contributed by atoms with E-state index in [4.69, 9.17) is 12.5 Å². The molecule has 0 radical (unpaired) electrons. The summed E-state index contributed by atoms with van der Waals surface area (Å²) in [5, 5.41) is 0. The molecule has 1 atom stereocenters. The van der Waals surface area contributed by atoms with Crippen LogP contribution in [0.15, 0.2) is 0 Å². The summed E-state index contributed by atoms with van der Waals surface area (Å²) in [5.74, 6) is 0. The van der Waals surface area contributed by atoms with Gasteiger partial charge in [0.15, 0.2) is 0 Å². The molecule has 3 N–H and O–H groups in total. The molecule has 0 aliphatic heterocycles. The first kappa shape index (κ1) is 30.3. The van der Waals surface area contributed by atoms with Crippen LogP contribution in [0.3, 0.4) is 0 Å². The molecule has 20 heteroatoms. The first-order chi connectivity index (χ1) is 7.41. The first-order valence-electron chi connectivity index (χ1n) is 2.71. The van der Waals surface area contributed by atoms with Gasteiger partial charge in [-0.05, 0) is 0 Å². The summed E-state index contributed by atoms with van der Waals surface area (Å²) in [4.78, 5) is 0. The van der Waals surface area contributed by atoms with E-state index in [1.54, 1.807) is 0 Å². The number of hydrogen-bond acceptors (Lipinski definition) is 11. The van der Waals surface area contributed by atoms with Crippen molar-refractivity contribution in [2.45, 2.75) is 0 Å². The maximum absolute atomic E-state index is 9.53. The van der Waals surface area contributed by atoms with Gasteiger partial charge in [-0.15, -0.1) is 0 Å². The quantitative estimate of drug-likeness (QED) is 0.236. The van der Waals surface area contributed by atoms with E-state index in [0.29, 0.717) is 0 Å². The molecule has 0 fully saturated rings. The summed E-state index contributed by atoms with van der Waals surface area (Å²) in [5.41, 5.74) is 0. The van der Waals surface area contributed by atoms with Crippen molar-refractivity contribution < 1.29 is 159 Å². The fourth-order valence-electron chi connectivity index (χ4n) is 0.214. The SMILES string of the molecule is P.[K+].[O]=[Cr](=[O])([O-])[O][Cr](=[O])(=[O])[OH].[O]=[Cr](=[O])([OH])[O][Cr](=[O])(=[O])[OH]. The zero-order chi connectivity index (χ0) is 15.4. The molecule has 0 saturated heterocycles. The number of hydrogen-bond donors (Lipinski definition) is 3. The molecule has 0 spiro atoms. The summed E-state index contributed by atoms with van der Waals surface area (Å²) < 4.78 is 114. The van der Waals surface area contributed by atoms with Crippen LogP contribution >= 0.6 is 9.90 Å². The third-order valence-corrected chi connectivity index (χ3v) is 5.80. The van der Waals surface area contributed by atoms with Crippen molar-refractivity contribution >= 4 is 9.90 Å². The van der Waals surface area contributed by atoms with E-state index in [9.17, 15) is 34.6 Å². The molecule has 0 heterocycles. The molecule has 0 aromatic heterocycles. The van der Waals surface area contributed by atoms with Gasteiger partial charge in [-0.1, -0.05) is 0 Å². The van der Waals surface area contributed by atoms with Gasteiger partial charge in [-0.2, -0.15) is 9.90 Å². The minimum absolute atomic E-state index is 0. The van der Waals surface area contributed by atoms with Crippen molar-refractivity contribution in [2.24, 2.45) is 0 Å². The predicted molar refractivity (Wildman–Crippen MR) is 25.4 cm³/mol. The average molecular weight is 508 g/mol. The Morgan fingerprint density at radius 3 is 0.850 bits per heavy atom. The Balaban J connectivity index is -0.000000116. The van der Waals surface area contributed by atoms with Gasteiger partial charge in [0.2, 0.25) is 0 Å². The molecule has 0 aliphatic carbocycles. The molecule has 0 saturated carbocycles. The molecule has 0 aliphatic rings. The van der Waals surface area contributed by atoms with Crippen LogP contribution in [-0.2, 0) is 90.6 Å². The van der Waals surface area contributed by atoms with Gasteiger partial charge >= 0.3 is 159 Å². The monoisotopic (exact) mass is 508 g/mol. The van der Waals surface area contributed by atoms with Gasteiger partial charge in [0.1, 0.15) is 0 Å². The molecule has 120 valence electrons. The average Bonchev–Trinajstić information content (AvgIpc) is 1.64. The third kappa shape index (κ3) is 37.0. The normalized spacial score (nSPS) is 12.2. The van der Waals surface area contributed by atoms with Crippen LogP contribution in [0, 0.1) is 0 Å². The van der Waals surface area contributed by atoms with Crippen LogP contribution in [0.2, 0.25) is 0 Å². The van der Waals surface area contributed by atoms with Gasteiger partial charge < -0.3 is 0 Å². The van der Waals surface area contributed by atoms with Crippen LogP contribution in [0.25, 0.3) is 0 Å². The Hall–Kier alpha value is 2.36. The summed E-state index contributed by atoms with van der Waals surface area (Å²) >= 11 is -23.3. The summed E-state index contributed by atoms with van der Waals surface area (Å²) in [6, 6.07) is 0. The van der Waals surface area contributed by atoms with E-state index in [1.165, 1.54) is 0 Å². The Kier molecular flexibility index (Phi) is 16.7. The molecule has 0 rings (SSSR count). The Labute approximate surface area is 165 Å². The van der Waals surface area contributed by atoms with Gasteiger partial charge in [0, 0.05) is 0 Å². The van der Waals surface area contributed by atoms with Crippen molar-refractivity contribution in [3.8, 4) is 0 Å². The third-order valence-electron chi connectivity index (χ3n) is 0.341. The maximum atomic E-state index is 9.53. The molecule has 0 amide bonds. The van der Waals surface area contributed by atoms with E-state index in [2.05, 4.69) is 5.68 Å². The molecule has 14 nitrogen and oxygen atoms in total. The van der Waals surface area contributed by atoms with Gasteiger partial charge in [0.25, 0.3) is 0 Å². The Bertz CT molecular complexity index is 537. The van der Waals surface area contributed by atoms with Crippen LogP contribution in [0.4, 0.5) is 0 Å². The fraction of sp³-hybridized carbons (Fsp3) is 0. The van der Waals surface area contributed by atoms with Crippen LogP contribution in [0.1, 0.15) is 0 Å². The van der Waals surface area contributed by atoms with Crippen molar-refractivity contribution in [1.29, 1.82) is 0 Å². The van der Waals surface area contributed by atoms with E-state index in [-0.39, 0.29) is 61.3 Å². The minimum atomic E-state index is -6.01. The second kappa shape index (κ2) is 11.0. The summed E-state index contributed by atoms with van der Waals surface area (Å²) in [7, 11) is 0. The van der Waals surface area contributed by atoms with E-state index in [1.807, 2.05) is 0 Å². The van der Waals surface area contributed by atoms with Crippen LogP contribution in [-0.4, -0.2) is 12.5 Å². The van der Waals surface area contributed by atoms with Crippen molar-refractivity contribution in [3.05, 3.63) is 0 Å². The Morgan fingerprint density at radius 2 is 0.850 bits per heavy atom. The molecular formula is H6Cr4KO14P. The topological polar surface area (TPSA) is 239 Å². The Morgan fingerprint density at radius 1 is 0.650 bits per heavy atom. The van der Waals surface area contributed by atoms with Crippen molar-refractivity contribution in [2.75, 3.05) is 0 Å². The van der Waals surface area contributed by atoms with Gasteiger partial charge in [-0.3, -0.25) is 0 Å².